The number of carbonyl (C=O) groups excluding carboxylic acids is 10. The first kappa shape index (κ1) is 59.8. The van der Waals surface area contributed by atoms with E-state index in [-0.39, 0.29) is 139 Å². The number of ether oxygens (including phenoxy) is 4. The molecule has 2 aromatic carbocycles. The van der Waals surface area contributed by atoms with Gasteiger partial charge < -0.3 is 55.2 Å². The SMILES string of the molecule is CC[C@@]1(O)C(=O)OCc2c1cc1n(c2=O)Cc2c-1nc1cc(F)c(C)c3c1c2[C@@H](NC(=O)COCNC(=O)CCC(=O)[C@H](Cc1ccccc1)NC(=O)CCC(=O)CNC(=O)OCCOCCNC(=O)CCN1C(=O)CC(C)C1=O)CC3. The summed E-state index contributed by atoms with van der Waals surface area (Å²) in [6, 6.07) is 10.0. The van der Waals surface area contributed by atoms with E-state index in [4.69, 9.17) is 23.9 Å². The summed E-state index contributed by atoms with van der Waals surface area (Å²) in [6.07, 6.45) is -1.13. The Balaban J connectivity index is 0.753. The van der Waals surface area contributed by atoms with Crippen LogP contribution in [0.25, 0.3) is 22.3 Å². The molecule has 0 spiro atoms. The molecule has 1 fully saturated rings. The molecule has 5 heterocycles. The van der Waals surface area contributed by atoms with Crippen molar-refractivity contribution in [3.8, 4) is 11.4 Å². The molecule has 25 heteroatoms. The average molecular weight is 1140 g/mol. The van der Waals surface area contributed by atoms with Crippen LogP contribution in [0.15, 0.2) is 47.3 Å². The number of halogens is 1. The molecule has 3 aliphatic heterocycles. The van der Waals surface area contributed by atoms with E-state index in [1.807, 2.05) is 0 Å². The van der Waals surface area contributed by atoms with E-state index < -0.39 is 83.6 Å². The van der Waals surface area contributed by atoms with E-state index in [2.05, 4.69) is 26.6 Å². The second-order valence-electron chi connectivity index (χ2n) is 20.6. The average Bonchev–Trinajstić information content (AvgIpc) is 1.72. The number of pyridine rings is 2. The fraction of sp³-hybridized carbons (Fsp3) is 0.474. The van der Waals surface area contributed by atoms with Gasteiger partial charge in [0.05, 0.1) is 60.9 Å². The predicted octanol–water partition coefficient (Wildman–Crippen LogP) is 1.79. The number of hydrogen-bond acceptors (Lipinski definition) is 17. The lowest BCUT2D eigenvalue weighted by molar-refractivity contribution is -0.172. The summed E-state index contributed by atoms with van der Waals surface area (Å²) in [6.45, 7) is 3.42. The largest absolute Gasteiger partial charge is 0.458 e. The van der Waals surface area contributed by atoms with Crippen LogP contribution in [-0.4, -0.2) is 137 Å². The molecule has 4 aromatic rings. The molecule has 1 unspecified atom stereocenters. The second kappa shape index (κ2) is 26.5. The summed E-state index contributed by atoms with van der Waals surface area (Å²) in [4.78, 5) is 146. The molecule has 7 amide bonds. The Kier molecular flexibility index (Phi) is 19.4. The number of carbonyl (C=O) groups is 10. The first-order valence-corrected chi connectivity index (χ1v) is 27.2. The van der Waals surface area contributed by atoms with Crippen LogP contribution in [0.5, 0.6) is 0 Å². The van der Waals surface area contributed by atoms with Gasteiger partial charge in [0.15, 0.2) is 17.2 Å². The number of esters is 1. The molecular formula is C57H65FN8O16. The van der Waals surface area contributed by atoms with Gasteiger partial charge in [-0.2, -0.15) is 0 Å². The summed E-state index contributed by atoms with van der Waals surface area (Å²) < 4.78 is 37.9. The highest BCUT2D eigenvalue weighted by molar-refractivity contribution is 6.03. The molecule has 24 nitrogen and oxygen atoms in total. The fourth-order valence-electron chi connectivity index (χ4n) is 10.6. The first-order chi connectivity index (χ1) is 39.3. The number of aromatic nitrogens is 2. The number of amides is 7. The minimum atomic E-state index is -2.06. The van der Waals surface area contributed by atoms with Gasteiger partial charge in [-0.1, -0.05) is 44.2 Å². The fourth-order valence-corrected chi connectivity index (χ4v) is 10.6. The van der Waals surface area contributed by atoms with E-state index in [0.717, 1.165) is 16.0 Å². The van der Waals surface area contributed by atoms with Gasteiger partial charge in [-0.25, -0.2) is 19.0 Å². The highest BCUT2D eigenvalue weighted by Crippen LogP contribution is 2.46. The molecule has 436 valence electrons. The molecule has 6 N–H and O–H groups in total. The molecular weight excluding hydrogens is 1070 g/mol. The topological polar surface area (TPSA) is 326 Å². The first-order valence-electron chi connectivity index (χ1n) is 27.2. The number of fused-ring (bicyclic) bond motifs is 5. The standard InChI is InChI=1S/C57H65FN8O16/c1-4-57(78)38-24-43-52-36(27-66(43)54(75)37(38)28-82-55(57)76)51-40(12-11-35-32(3)39(58)25-42(64-52)50(35)51)62-48(72)29-80-30-61-45(69)15-13-44(68)41(23-33-8-6-5-7-9-33)63-47(71)14-10-34(67)26-60-56(77)81-21-20-79-19-17-59-46(70)16-18-65-49(73)22-31(2)53(65)74/h5-9,24-25,31,40-41,78H,4,10-23,26-30H2,1-3H3,(H,59,70)(H,60,77)(H,61,69)(H,62,72)(H,63,71)/t31?,40-,41-,57-/m0/s1. The maximum absolute atomic E-state index is 15.4. The molecule has 1 aliphatic carbocycles. The number of rotatable bonds is 27. The Morgan fingerprint density at radius 1 is 0.878 bits per heavy atom. The number of cyclic esters (lactones) is 1. The number of hydrogen-bond donors (Lipinski definition) is 6. The molecule has 4 aliphatic rings. The maximum atomic E-state index is 15.4. The Morgan fingerprint density at radius 3 is 2.38 bits per heavy atom. The second-order valence-corrected chi connectivity index (χ2v) is 20.6. The van der Waals surface area contributed by atoms with Crippen molar-refractivity contribution in [1.29, 1.82) is 0 Å². The van der Waals surface area contributed by atoms with E-state index in [1.165, 1.54) is 10.6 Å². The summed E-state index contributed by atoms with van der Waals surface area (Å²) >= 11 is 0. The van der Waals surface area contributed by atoms with E-state index in [0.29, 0.717) is 51.8 Å². The van der Waals surface area contributed by atoms with Crippen LogP contribution in [0.4, 0.5) is 9.18 Å². The van der Waals surface area contributed by atoms with Crippen LogP contribution in [0, 0.1) is 18.7 Å². The van der Waals surface area contributed by atoms with Gasteiger partial charge in [0.2, 0.25) is 35.4 Å². The van der Waals surface area contributed by atoms with Crippen molar-refractivity contribution >= 4 is 70.0 Å². The number of nitrogens with one attached hydrogen (secondary N) is 5. The van der Waals surface area contributed by atoms with Crippen molar-refractivity contribution in [3.05, 3.63) is 97.6 Å². The normalized spacial score (nSPS) is 18.0. The number of alkyl carbamates (subject to hydrolysis) is 1. The van der Waals surface area contributed by atoms with E-state index >= 15 is 4.39 Å². The lowest BCUT2D eigenvalue weighted by Crippen LogP contribution is -2.44. The van der Waals surface area contributed by atoms with Crippen LogP contribution in [0.1, 0.15) is 110 Å². The lowest BCUT2D eigenvalue weighted by atomic mass is 9.81. The quantitative estimate of drug-likeness (QED) is 0.0189. The van der Waals surface area contributed by atoms with Crippen molar-refractivity contribution in [3.63, 3.8) is 0 Å². The zero-order chi connectivity index (χ0) is 58.8. The zero-order valence-electron chi connectivity index (χ0n) is 45.7. The van der Waals surface area contributed by atoms with Crippen LogP contribution >= 0.6 is 0 Å². The molecule has 1 saturated heterocycles. The van der Waals surface area contributed by atoms with Gasteiger partial charge in [0.1, 0.15) is 32.4 Å². The van der Waals surface area contributed by atoms with Crippen LogP contribution in [0.3, 0.4) is 0 Å². The molecule has 0 bridgehead atoms. The number of aryl methyl sites for hydroxylation is 1. The van der Waals surface area contributed by atoms with Gasteiger partial charge in [-0.05, 0) is 60.9 Å². The summed E-state index contributed by atoms with van der Waals surface area (Å²) in [5.74, 6) is -5.37. The number of Topliss-reactive ketones (excluding diaryl/α,β-unsaturated/α-hetero) is 2. The number of imide groups is 1. The van der Waals surface area contributed by atoms with Gasteiger partial charge >= 0.3 is 12.1 Å². The Bertz CT molecular complexity index is 3280. The lowest BCUT2D eigenvalue weighted by Gasteiger charge is -2.31. The van der Waals surface area contributed by atoms with Crippen LogP contribution < -0.4 is 32.1 Å². The molecule has 82 heavy (non-hydrogen) atoms. The number of aliphatic hydroxyl groups is 1. The number of ketones is 2. The number of likely N-dealkylation sites (tertiary alicyclic amines) is 1. The highest BCUT2D eigenvalue weighted by Gasteiger charge is 2.46. The van der Waals surface area contributed by atoms with Crippen molar-refractivity contribution in [2.45, 2.75) is 116 Å². The highest BCUT2D eigenvalue weighted by atomic mass is 19.1. The van der Waals surface area contributed by atoms with Gasteiger partial charge in [-0.3, -0.25) is 48.1 Å². The van der Waals surface area contributed by atoms with Crippen molar-refractivity contribution in [1.82, 2.24) is 41.0 Å². The maximum Gasteiger partial charge on any atom is 0.407 e. The van der Waals surface area contributed by atoms with Gasteiger partial charge in [0.25, 0.3) is 5.56 Å². The summed E-state index contributed by atoms with van der Waals surface area (Å²) in [5.41, 5.74) is 1.87. The third-order valence-corrected chi connectivity index (χ3v) is 15.0. The molecule has 8 rings (SSSR count). The Labute approximate surface area is 469 Å². The Morgan fingerprint density at radius 2 is 1.63 bits per heavy atom. The molecule has 2 aromatic heterocycles. The molecule has 4 atom stereocenters. The molecule has 0 radical (unpaired) electrons. The number of nitrogens with zero attached hydrogens (tertiary/aromatic N) is 3. The Hall–Kier alpha value is -8.29. The van der Waals surface area contributed by atoms with Crippen molar-refractivity contribution in [2.75, 3.05) is 52.8 Å². The predicted molar refractivity (Wildman–Crippen MR) is 286 cm³/mol. The third-order valence-electron chi connectivity index (χ3n) is 15.0. The minimum absolute atomic E-state index is 0.000509. The number of benzene rings is 2. The van der Waals surface area contributed by atoms with Crippen LogP contribution in [-0.2, 0) is 93.7 Å². The monoisotopic (exact) mass is 1140 g/mol. The van der Waals surface area contributed by atoms with E-state index in [1.54, 1.807) is 57.2 Å². The van der Waals surface area contributed by atoms with Crippen molar-refractivity contribution in [2.24, 2.45) is 5.92 Å². The van der Waals surface area contributed by atoms with Crippen molar-refractivity contribution < 1.29 is 76.4 Å². The summed E-state index contributed by atoms with van der Waals surface area (Å²) in [7, 11) is 0. The third kappa shape index (κ3) is 13.7. The molecule has 0 saturated carbocycles. The van der Waals surface area contributed by atoms with Crippen LogP contribution in [0.2, 0.25) is 0 Å². The van der Waals surface area contributed by atoms with Gasteiger partial charge in [-0.15, -0.1) is 0 Å². The summed E-state index contributed by atoms with van der Waals surface area (Å²) in [5, 5.41) is 25.1. The smallest absolute Gasteiger partial charge is 0.407 e. The minimum Gasteiger partial charge on any atom is -0.458 e. The van der Waals surface area contributed by atoms with E-state index in [9.17, 15) is 57.8 Å². The zero-order valence-corrected chi connectivity index (χ0v) is 45.7. The van der Waals surface area contributed by atoms with Gasteiger partial charge in [0, 0.05) is 80.1 Å².